The lowest BCUT2D eigenvalue weighted by molar-refractivity contribution is -0.114. The van der Waals surface area contributed by atoms with E-state index >= 15 is 0 Å². The number of para-hydroxylation sites is 1. The summed E-state index contributed by atoms with van der Waals surface area (Å²) in [5.74, 6) is -0.116. The topological polar surface area (TPSA) is 20.3 Å². The Kier molecular flexibility index (Phi) is 3.04. The Balaban J connectivity index is 2.33. The fourth-order valence-electron chi connectivity index (χ4n) is 1.99. The monoisotopic (exact) mass is 219 g/mol. The van der Waals surface area contributed by atoms with Crippen LogP contribution in [0.15, 0.2) is 36.0 Å². The number of hydrogen-bond donors (Lipinski definition) is 0. The van der Waals surface area contributed by atoms with Crippen molar-refractivity contribution in [1.82, 2.24) is 0 Å². The quantitative estimate of drug-likeness (QED) is 0.779. The van der Waals surface area contributed by atoms with Crippen LogP contribution in [0.3, 0.4) is 0 Å². The second-order valence-electron chi connectivity index (χ2n) is 3.80. The molecule has 0 bridgehead atoms. The van der Waals surface area contributed by atoms with Crippen LogP contribution < -0.4 is 4.90 Å². The zero-order valence-electron chi connectivity index (χ0n) is 9.24. The average Bonchev–Trinajstić information content (AvgIpc) is 2.69. The summed E-state index contributed by atoms with van der Waals surface area (Å²) >= 11 is 0. The molecule has 84 valence electrons. The van der Waals surface area contributed by atoms with E-state index in [4.69, 9.17) is 0 Å². The number of ketones is 1. The number of hydrogen-bond acceptors (Lipinski definition) is 2. The second kappa shape index (κ2) is 4.47. The maximum absolute atomic E-state index is 13.6. The summed E-state index contributed by atoms with van der Waals surface area (Å²) in [6.45, 7) is 2.62. The highest BCUT2D eigenvalue weighted by atomic mass is 19.1. The van der Waals surface area contributed by atoms with Crippen LogP contribution in [0.5, 0.6) is 0 Å². The molecule has 1 aromatic carbocycles. The van der Waals surface area contributed by atoms with E-state index in [2.05, 4.69) is 0 Å². The molecular formula is C13H14FNO. The zero-order chi connectivity index (χ0) is 11.5. The molecule has 0 spiro atoms. The van der Waals surface area contributed by atoms with Gasteiger partial charge in [0.2, 0.25) is 0 Å². The first kappa shape index (κ1) is 10.9. The van der Waals surface area contributed by atoms with Gasteiger partial charge in [0.25, 0.3) is 0 Å². The van der Waals surface area contributed by atoms with Gasteiger partial charge in [-0.1, -0.05) is 12.1 Å². The van der Waals surface area contributed by atoms with Crippen LogP contribution in [0.1, 0.15) is 19.8 Å². The van der Waals surface area contributed by atoms with Gasteiger partial charge in [-0.2, -0.15) is 0 Å². The normalized spacial score (nSPS) is 15.1. The summed E-state index contributed by atoms with van der Waals surface area (Å²) in [5.41, 5.74) is 1.46. The molecule has 0 radical (unpaired) electrons. The van der Waals surface area contributed by atoms with Crippen LogP contribution in [0.2, 0.25) is 0 Å². The summed E-state index contributed by atoms with van der Waals surface area (Å²) in [5, 5.41) is 0. The molecule has 0 unspecified atom stereocenters. The van der Waals surface area contributed by atoms with E-state index in [-0.39, 0.29) is 11.6 Å². The molecule has 16 heavy (non-hydrogen) atoms. The fraction of sp³-hybridized carbons (Fsp3) is 0.308. The molecule has 0 heterocycles. The number of halogens is 1. The highest BCUT2D eigenvalue weighted by molar-refractivity contribution is 5.93. The summed E-state index contributed by atoms with van der Waals surface area (Å²) in [6.07, 6.45) is 2.87. The van der Waals surface area contributed by atoms with E-state index in [0.717, 1.165) is 5.70 Å². The number of anilines is 1. The zero-order valence-corrected chi connectivity index (χ0v) is 9.24. The number of rotatable bonds is 3. The summed E-state index contributed by atoms with van der Waals surface area (Å²) in [4.78, 5) is 13.1. The first-order valence-corrected chi connectivity index (χ1v) is 5.48. The summed E-state index contributed by atoms with van der Waals surface area (Å²) in [6, 6.07) is 6.65. The number of nitrogens with zero attached hydrogens (tertiary/aromatic N) is 1. The molecule has 3 heteroatoms. The van der Waals surface area contributed by atoms with E-state index in [1.54, 1.807) is 24.3 Å². The minimum atomic E-state index is -0.246. The Labute approximate surface area is 94.4 Å². The lowest BCUT2D eigenvalue weighted by Crippen LogP contribution is -2.21. The van der Waals surface area contributed by atoms with E-state index in [1.165, 1.54) is 6.07 Å². The van der Waals surface area contributed by atoms with E-state index in [0.29, 0.717) is 25.1 Å². The predicted molar refractivity (Wildman–Crippen MR) is 61.7 cm³/mol. The van der Waals surface area contributed by atoms with Gasteiger partial charge in [0.15, 0.2) is 5.78 Å². The summed E-state index contributed by atoms with van der Waals surface area (Å²) < 4.78 is 13.6. The van der Waals surface area contributed by atoms with Crippen LogP contribution in [-0.2, 0) is 4.79 Å². The van der Waals surface area contributed by atoms with Crippen LogP contribution in [-0.4, -0.2) is 12.3 Å². The minimum Gasteiger partial charge on any atom is -0.343 e. The smallest absolute Gasteiger partial charge is 0.157 e. The SMILES string of the molecule is CCN(C1=CC(=O)CC1)c1ccccc1F. The van der Waals surface area contributed by atoms with Gasteiger partial charge >= 0.3 is 0 Å². The maximum Gasteiger partial charge on any atom is 0.157 e. The van der Waals surface area contributed by atoms with Crippen molar-refractivity contribution in [2.24, 2.45) is 0 Å². The van der Waals surface area contributed by atoms with Crippen molar-refractivity contribution in [1.29, 1.82) is 0 Å². The number of benzene rings is 1. The van der Waals surface area contributed by atoms with Crippen LogP contribution >= 0.6 is 0 Å². The lowest BCUT2D eigenvalue weighted by Gasteiger charge is -2.24. The van der Waals surface area contributed by atoms with Crippen molar-refractivity contribution in [3.05, 3.63) is 41.9 Å². The molecule has 1 aromatic rings. The molecule has 0 aliphatic heterocycles. The Morgan fingerprint density at radius 2 is 2.06 bits per heavy atom. The van der Waals surface area contributed by atoms with Gasteiger partial charge in [0.05, 0.1) is 5.69 Å². The lowest BCUT2D eigenvalue weighted by atomic mass is 10.2. The largest absolute Gasteiger partial charge is 0.343 e. The molecule has 2 nitrogen and oxygen atoms in total. The van der Waals surface area contributed by atoms with Gasteiger partial charge in [-0.3, -0.25) is 4.79 Å². The van der Waals surface area contributed by atoms with Gasteiger partial charge in [-0.05, 0) is 25.5 Å². The molecule has 2 rings (SSSR count). The van der Waals surface area contributed by atoms with Gasteiger partial charge < -0.3 is 4.90 Å². The highest BCUT2D eigenvalue weighted by Gasteiger charge is 2.19. The second-order valence-corrected chi connectivity index (χ2v) is 3.80. The molecule has 0 saturated carbocycles. The average molecular weight is 219 g/mol. The van der Waals surface area contributed by atoms with E-state index in [1.807, 2.05) is 11.8 Å². The molecule has 0 atom stereocenters. The first-order valence-electron chi connectivity index (χ1n) is 5.48. The number of allylic oxidation sites excluding steroid dienone is 2. The Morgan fingerprint density at radius 1 is 1.31 bits per heavy atom. The van der Waals surface area contributed by atoms with Crippen molar-refractivity contribution in [3.63, 3.8) is 0 Å². The molecule has 1 aliphatic rings. The molecule has 0 fully saturated rings. The van der Waals surface area contributed by atoms with Crippen LogP contribution in [0.25, 0.3) is 0 Å². The van der Waals surface area contributed by atoms with Gasteiger partial charge in [-0.15, -0.1) is 0 Å². The fourth-order valence-corrected chi connectivity index (χ4v) is 1.99. The molecule has 0 saturated heterocycles. The van der Waals surface area contributed by atoms with Gasteiger partial charge in [0, 0.05) is 24.7 Å². The third-order valence-electron chi connectivity index (χ3n) is 2.76. The molecule has 0 amide bonds. The minimum absolute atomic E-state index is 0.129. The Morgan fingerprint density at radius 3 is 2.62 bits per heavy atom. The molecule has 0 N–H and O–H groups in total. The van der Waals surface area contributed by atoms with Crippen molar-refractivity contribution in [2.75, 3.05) is 11.4 Å². The highest BCUT2D eigenvalue weighted by Crippen LogP contribution is 2.27. The van der Waals surface area contributed by atoms with Crippen molar-refractivity contribution in [3.8, 4) is 0 Å². The third-order valence-corrected chi connectivity index (χ3v) is 2.76. The molecular weight excluding hydrogens is 205 g/mol. The maximum atomic E-state index is 13.6. The van der Waals surface area contributed by atoms with Gasteiger partial charge in [-0.25, -0.2) is 4.39 Å². The predicted octanol–water partition coefficient (Wildman–Crippen LogP) is 2.90. The van der Waals surface area contributed by atoms with Crippen LogP contribution in [0, 0.1) is 5.82 Å². The molecule has 1 aliphatic carbocycles. The summed E-state index contributed by atoms with van der Waals surface area (Å²) in [7, 11) is 0. The Bertz CT molecular complexity index is 439. The van der Waals surface area contributed by atoms with Crippen molar-refractivity contribution in [2.45, 2.75) is 19.8 Å². The Hall–Kier alpha value is -1.64. The first-order chi connectivity index (χ1) is 7.72. The number of carbonyl (C=O) groups excluding carboxylic acids is 1. The van der Waals surface area contributed by atoms with Gasteiger partial charge in [0.1, 0.15) is 5.82 Å². The van der Waals surface area contributed by atoms with E-state index < -0.39 is 0 Å². The molecule has 0 aromatic heterocycles. The van der Waals surface area contributed by atoms with Crippen molar-refractivity contribution >= 4 is 11.5 Å². The van der Waals surface area contributed by atoms with Crippen molar-refractivity contribution < 1.29 is 9.18 Å². The van der Waals surface area contributed by atoms with E-state index in [9.17, 15) is 9.18 Å². The number of carbonyl (C=O) groups is 1. The van der Waals surface area contributed by atoms with Crippen LogP contribution in [0.4, 0.5) is 10.1 Å². The standard InChI is InChI=1S/C13H14FNO/c1-2-15(10-7-8-11(16)9-10)13-6-4-3-5-12(13)14/h3-6,9H,2,7-8H2,1H3. The third kappa shape index (κ3) is 1.98.